The van der Waals surface area contributed by atoms with E-state index in [0.29, 0.717) is 19.3 Å². The Morgan fingerprint density at radius 3 is 2.22 bits per heavy atom. The van der Waals surface area contributed by atoms with Gasteiger partial charge in [-0.15, -0.1) is 0 Å². The fourth-order valence-electron chi connectivity index (χ4n) is 7.82. The zero-order chi connectivity index (χ0) is 50.1. The van der Waals surface area contributed by atoms with Crippen LogP contribution in [0.3, 0.4) is 0 Å². The average Bonchev–Trinajstić information content (AvgIpc) is 3.96. The Bertz CT molecular complexity index is 2160. The molecule has 0 spiro atoms. The number of nitrogens with zero attached hydrogens (tertiary/aromatic N) is 1. The Balaban J connectivity index is 1.66. The van der Waals surface area contributed by atoms with Crippen LogP contribution in [0.1, 0.15) is 78.2 Å². The Labute approximate surface area is 402 Å². The second kappa shape index (κ2) is 26.6. The standard InChI is InChI=1S/C44H66N12O10S2/c1-5-24(4)37-43(65)54-36(23(2)3)42(64)52-30(19-33(46)57)39(61)53-31(44(66)56-16-9-13-32(56)41(63)51-28(12-8-15-45)38(60)49-21-34(47)58)22-68-67-17-14-35(59)50-29(40(62)55-37)18-25-20-48-27-11-7-6-10-26(25)27/h6-7,10-11,20,23-24,28-32,36-37,48H,5,8-9,12-19,21-22,45H2,1-4H3,(H2,46,57)(H2,47,58)(H,49,60)(H,50,59)(H,51,63)(H,52,64)(H,53,61)(H,54,65)(H,55,62)/t24-,28-,29+,30-,31-,32+,36-,37-/m0/s1. The van der Waals surface area contributed by atoms with Gasteiger partial charge < -0.3 is 64.3 Å². The lowest BCUT2D eigenvalue weighted by Crippen LogP contribution is -2.62. The van der Waals surface area contributed by atoms with E-state index in [1.807, 2.05) is 31.2 Å². The molecular formula is C44H66N12O10S2. The monoisotopic (exact) mass is 986 g/mol. The summed E-state index contributed by atoms with van der Waals surface area (Å²) in [7, 11) is 2.34. The van der Waals surface area contributed by atoms with Crippen LogP contribution in [0.25, 0.3) is 10.9 Å². The quantitative estimate of drug-likeness (QED) is 0.0839. The summed E-state index contributed by atoms with van der Waals surface area (Å²) in [4.78, 5) is 139. The number of hydrogen-bond acceptors (Lipinski definition) is 13. The molecule has 374 valence electrons. The van der Waals surface area contributed by atoms with Gasteiger partial charge in [-0.3, -0.25) is 47.9 Å². The lowest BCUT2D eigenvalue weighted by Gasteiger charge is -2.31. The number of carbonyl (C=O) groups is 10. The second-order valence-corrected chi connectivity index (χ2v) is 19.9. The summed E-state index contributed by atoms with van der Waals surface area (Å²) >= 11 is 0. The first kappa shape index (κ1) is 54.7. The number of aromatic amines is 1. The predicted molar refractivity (Wildman–Crippen MR) is 256 cm³/mol. The Morgan fingerprint density at radius 2 is 1.54 bits per heavy atom. The van der Waals surface area contributed by atoms with Crippen molar-refractivity contribution in [1.29, 1.82) is 0 Å². The van der Waals surface area contributed by atoms with Gasteiger partial charge in [-0.1, -0.05) is 73.9 Å². The molecule has 4 rings (SSSR count). The molecule has 24 heteroatoms. The van der Waals surface area contributed by atoms with Gasteiger partial charge in [-0.2, -0.15) is 0 Å². The SMILES string of the molecule is CC[C@H](C)[C@@H]1NC(=O)[C@@H](Cc2c[nH]c3ccccc23)NC(=O)CCSSC[C@@H](C(=O)N2CCC[C@@H]2C(=O)N[C@@H](CCCN)C(=O)NCC(N)=O)NC(=O)[C@H](CC(N)=O)NC(=O)[C@H](C(C)C)NC1=O. The van der Waals surface area contributed by atoms with E-state index in [1.54, 1.807) is 27.0 Å². The van der Waals surface area contributed by atoms with E-state index in [4.69, 9.17) is 17.2 Å². The summed E-state index contributed by atoms with van der Waals surface area (Å²) < 4.78 is 0. The van der Waals surface area contributed by atoms with E-state index in [-0.39, 0.29) is 50.3 Å². The van der Waals surface area contributed by atoms with Gasteiger partial charge >= 0.3 is 0 Å². The van der Waals surface area contributed by atoms with Crippen LogP contribution in [-0.2, 0) is 54.4 Å². The van der Waals surface area contributed by atoms with Gasteiger partial charge in [-0.25, -0.2) is 0 Å². The van der Waals surface area contributed by atoms with Crippen molar-refractivity contribution in [2.75, 3.05) is 31.1 Å². The highest BCUT2D eigenvalue weighted by molar-refractivity contribution is 8.76. The van der Waals surface area contributed by atoms with E-state index >= 15 is 0 Å². The van der Waals surface area contributed by atoms with Crippen molar-refractivity contribution >= 4 is 91.6 Å². The topological polar surface area (TPSA) is 352 Å². The van der Waals surface area contributed by atoms with Gasteiger partial charge in [0.2, 0.25) is 59.1 Å². The highest BCUT2D eigenvalue weighted by Crippen LogP contribution is 2.26. The lowest BCUT2D eigenvalue weighted by atomic mass is 9.95. The summed E-state index contributed by atoms with van der Waals surface area (Å²) in [6, 6.07) is -1.23. The minimum atomic E-state index is -1.62. The van der Waals surface area contributed by atoms with E-state index in [9.17, 15) is 47.9 Å². The van der Waals surface area contributed by atoms with Crippen molar-refractivity contribution in [1.82, 2.24) is 47.1 Å². The molecule has 2 aliphatic rings. The Kier molecular flexibility index (Phi) is 21.4. The molecule has 0 bridgehead atoms. The van der Waals surface area contributed by atoms with Gasteiger partial charge in [-0.05, 0) is 55.7 Å². The molecule has 14 N–H and O–H groups in total. The van der Waals surface area contributed by atoms with Gasteiger partial charge in [0.05, 0.1) is 13.0 Å². The van der Waals surface area contributed by atoms with Crippen LogP contribution in [0, 0.1) is 11.8 Å². The zero-order valence-corrected chi connectivity index (χ0v) is 40.5. The van der Waals surface area contributed by atoms with Crippen LogP contribution in [-0.4, -0.2) is 142 Å². The molecule has 68 heavy (non-hydrogen) atoms. The fourth-order valence-corrected chi connectivity index (χ4v) is 9.96. The van der Waals surface area contributed by atoms with Crippen LogP contribution in [0.2, 0.25) is 0 Å². The summed E-state index contributed by atoms with van der Waals surface area (Å²) in [5.41, 5.74) is 18.0. The summed E-state index contributed by atoms with van der Waals surface area (Å²) in [5.74, 6) is -8.31. The van der Waals surface area contributed by atoms with Crippen LogP contribution >= 0.6 is 21.6 Å². The van der Waals surface area contributed by atoms with E-state index in [0.717, 1.165) is 27.3 Å². The maximum atomic E-state index is 14.5. The van der Waals surface area contributed by atoms with E-state index in [2.05, 4.69) is 42.2 Å². The molecule has 0 aliphatic carbocycles. The molecule has 0 unspecified atom stereocenters. The van der Waals surface area contributed by atoms with Crippen molar-refractivity contribution in [3.8, 4) is 0 Å². The molecule has 2 fully saturated rings. The molecule has 0 saturated carbocycles. The number of rotatable bonds is 16. The number of carbonyl (C=O) groups excluding carboxylic acids is 10. The van der Waals surface area contributed by atoms with Crippen molar-refractivity contribution in [2.45, 2.75) is 121 Å². The number of H-pyrrole nitrogens is 1. The largest absolute Gasteiger partial charge is 0.370 e. The number of hydrogen-bond donors (Lipinski definition) is 11. The van der Waals surface area contributed by atoms with Crippen molar-refractivity contribution in [3.63, 3.8) is 0 Å². The molecule has 0 radical (unpaired) electrons. The van der Waals surface area contributed by atoms with Gasteiger partial charge in [0.25, 0.3) is 0 Å². The molecule has 3 heterocycles. The molecule has 1 aromatic heterocycles. The minimum absolute atomic E-state index is 0.0644. The number of fused-ring (bicyclic) bond motifs is 1. The van der Waals surface area contributed by atoms with Gasteiger partial charge in [0.15, 0.2) is 0 Å². The van der Waals surface area contributed by atoms with Crippen LogP contribution in [0.5, 0.6) is 0 Å². The maximum absolute atomic E-state index is 14.5. The Hall–Kier alpha value is -5.88. The normalized spacial score (nSPS) is 23.6. The molecule has 2 aromatic rings. The molecule has 1 aromatic carbocycles. The molecule has 2 aliphatic heterocycles. The lowest BCUT2D eigenvalue weighted by molar-refractivity contribution is -0.142. The average molecular weight is 987 g/mol. The number of para-hydroxylation sites is 1. The van der Waals surface area contributed by atoms with Crippen molar-refractivity contribution in [2.24, 2.45) is 29.0 Å². The van der Waals surface area contributed by atoms with Crippen molar-refractivity contribution in [3.05, 3.63) is 36.0 Å². The van der Waals surface area contributed by atoms with Gasteiger partial charge in [0, 0.05) is 48.0 Å². The second-order valence-electron chi connectivity index (χ2n) is 17.3. The number of amides is 10. The number of benzene rings is 1. The van der Waals surface area contributed by atoms with Crippen LogP contribution < -0.4 is 54.4 Å². The Morgan fingerprint density at radius 1 is 0.853 bits per heavy atom. The van der Waals surface area contributed by atoms with Crippen molar-refractivity contribution < 1.29 is 47.9 Å². The van der Waals surface area contributed by atoms with Gasteiger partial charge in [0.1, 0.15) is 42.3 Å². The third-order valence-electron chi connectivity index (χ3n) is 11.8. The fraction of sp³-hybridized carbons (Fsp3) is 0.591. The molecule has 2 saturated heterocycles. The van der Waals surface area contributed by atoms with E-state index in [1.165, 1.54) is 15.7 Å². The number of nitrogens with two attached hydrogens (primary N) is 3. The summed E-state index contributed by atoms with van der Waals surface area (Å²) in [6.45, 7) is 6.73. The third-order valence-corrected chi connectivity index (χ3v) is 14.2. The molecular weight excluding hydrogens is 921 g/mol. The molecule has 22 nitrogen and oxygen atoms in total. The third kappa shape index (κ3) is 15.9. The number of nitrogens with one attached hydrogen (secondary N) is 8. The first-order valence-electron chi connectivity index (χ1n) is 22.8. The first-order chi connectivity index (χ1) is 32.3. The first-order valence-corrected chi connectivity index (χ1v) is 25.3. The van der Waals surface area contributed by atoms with Crippen LogP contribution in [0.15, 0.2) is 30.5 Å². The highest BCUT2D eigenvalue weighted by atomic mass is 33.1. The zero-order valence-electron chi connectivity index (χ0n) is 38.9. The number of aromatic nitrogens is 1. The number of likely N-dealkylation sites (tertiary alicyclic amines) is 1. The summed E-state index contributed by atoms with van der Waals surface area (Å²) in [5, 5.41) is 19.4. The van der Waals surface area contributed by atoms with E-state index < -0.39 is 126 Å². The maximum Gasteiger partial charge on any atom is 0.246 e. The highest BCUT2D eigenvalue weighted by Gasteiger charge is 2.41. The molecule has 10 amide bonds. The number of primary amides is 2. The van der Waals surface area contributed by atoms with Crippen LogP contribution in [0.4, 0.5) is 0 Å². The smallest absolute Gasteiger partial charge is 0.246 e. The molecule has 8 atom stereocenters. The minimum Gasteiger partial charge on any atom is -0.370 e. The summed E-state index contributed by atoms with van der Waals surface area (Å²) in [6.07, 6.45) is 2.60. The predicted octanol–water partition coefficient (Wildman–Crippen LogP) is -1.69.